The van der Waals surface area contributed by atoms with E-state index in [2.05, 4.69) is 73.1 Å². The molecular formula is C41H72N2O2. The molecule has 1 aliphatic rings. The lowest BCUT2D eigenvalue weighted by Crippen LogP contribution is -2.37. The minimum Gasteiger partial charge on any atom is -0.353 e. The Morgan fingerprint density at radius 1 is 0.467 bits per heavy atom. The van der Waals surface area contributed by atoms with E-state index < -0.39 is 0 Å². The molecule has 0 aromatic heterocycles. The molecule has 0 unspecified atom stereocenters. The molecule has 258 valence electrons. The average Bonchev–Trinajstić information content (AvgIpc) is 3.47. The Balaban J connectivity index is 1.91. The molecule has 1 fully saturated rings. The van der Waals surface area contributed by atoms with E-state index in [1.165, 1.54) is 103 Å². The molecule has 0 bridgehead atoms. The van der Waals surface area contributed by atoms with Crippen molar-refractivity contribution < 1.29 is 9.59 Å². The topological polar surface area (TPSA) is 58.2 Å². The number of carbonyl (C=O) groups excluding carboxylic acids is 2. The van der Waals surface area contributed by atoms with E-state index in [4.69, 9.17) is 0 Å². The summed E-state index contributed by atoms with van der Waals surface area (Å²) in [6, 6.07) is 0.438. The number of carbonyl (C=O) groups is 2. The summed E-state index contributed by atoms with van der Waals surface area (Å²) < 4.78 is 0. The van der Waals surface area contributed by atoms with Crippen LogP contribution in [-0.2, 0) is 9.59 Å². The lowest BCUT2D eigenvalue weighted by atomic mass is 10.1. The average molecular weight is 625 g/mol. The van der Waals surface area contributed by atoms with Gasteiger partial charge in [0.25, 0.3) is 0 Å². The van der Waals surface area contributed by atoms with Crippen LogP contribution in [0.25, 0.3) is 0 Å². The van der Waals surface area contributed by atoms with E-state index >= 15 is 0 Å². The molecule has 1 aliphatic carbocycles. The second kappa shape index (κ2) is 31.9. The maximum atomic E-state index is 12.4. The monoisotopic (exact) mass is 625 g/mol. The summed E-state index contributed by atoms with van der Waals surface area (Å²) in [6.45, 7) is 4.50. The van der Waals surface area contributed by atoms with Crippen LogP contribution in [0.4, 0.5) is 0 Å². The molecule has 45 heavy (non-hydrogen) atoms. The zero-order valence-electron chi connectivity index (χ0n) is 29.7. The molecule has 2 atom stereocenters. The van der Waals surface area contributed by atoms with Gasteiger partial charge in [0, 0.05) is 24.9 Å². The third-order valence-corrected chi connectivity index (χ3v) is 8.87. The Bertz CT molecular complexity index is 746. The van der Waals surface area contributed by atoms with E-state index in [-0.39, 0.29) is 23.9 Å². The molecule has 0 aromatic carbocycles. The van der Waals surface area contributed by atoms with Crippen LogP contribution in [0.3, 0.4) is 0 Å². The molecule has 0 heterocycles. The molecule has 1 rings (SSSR count). The summed E-state index contributed by atoms with van der Waals surface area (Å²) in [4.78, 5) is 24.8. The number of nitrogens with one attached hydrogen (secondary N) is 2. The SMILES string of the molecule is CCCCC/C=C\C/C=C\CCCCCCCC(=O)N[C@@H]1CC[C@H](NC(=O)CCCCCCC/C=C\C/C=C\CCCCC)C1. The fourth-order valence-corrected chi connectivity index (χ4v) is 6.04. The minimum atomic E-state index is 0.183. The van der Waals surface area contributed by atoms with Gasteiger partial charge in [-0.25, -0.2) is 0 Å². The first-order chi connectivity index (χ1) is 22.2. The Labute approximate surface area is 279 Å². The largest absolute Gasteiger partial charge is 0.353 e. The van der Waals surface area contributed by atoms with Crippen LogP contribution < -0.4 is 10.6 Å². The normalized spacial score (nSPS) is 17.0. The molecule has 4 nitrogen and oxygen atoms in total. The van der Waals surface area contributed by atoms with Crippen molar-refractivity contribution in [3.63, 3.8) is 0 Å². The molecule has 0 aliphatic heterocycles. The lowest BCUT2D eigenvalue weighted by Gasteiger charge is -2.15. The Kier molecular flexibility index (Phi) is 29.0. The van der Waals surface area contributed by atoms with Crippen molar-refractivity contribution >= 4 is 11.8 Å². The molecule has 0 radical (unpaired) electrons. The predicted molar refractivity (Wildman–Crippen MR) is 196 cm³/mol. The van der Waals surface area contributed by atoms with Crippen molar-refractivity contribution in [2.75, 3.05) is 0 Å². The second-order valence-electron chi connectivity index (χ2n) is 13.3. The van der Waals surface area contributed by atoms with Gasteiger partial charge in [0.15, 0.2) is 0 Å². The summed E-state index contributed by atoms with van der Waals surface area (Å²) in [5.41, 5.74) is 0. The fourth-order valence-electron chi connectivity index (χ4n) is 6.04. The van der Waals surface area contributed by atoms with E-state index in [1.54, 1.807) is 0 Å². The summed E-state index contributed by atoms with van der Waals surface area (Å²) in [5.74, 6) is 0.366. The Morgan fingerprint density at radius 3 is 1.18 bits per heavy atom. The number of amides is 2. The zero-order chi connectivity index (χ0) is 32.5. The first-order valence-corrected chi connectivity index (χ1v) is 19.3. The van der Waals surface area contributed by atoms with Crippen LogP contribution in [0.2, 0.25) is 0 Å². The number of unbranched alkanes of at least 4 members (excludes halogenated alkanes) is 16. The van der Waals surface area contributed by atoms with Gasteiger partial charge < -0.3 is 10.6 Å². The maximum Gasteiger partial charge on any atom is 0.220 e. The van der Waals surface area contributed by atoms with Gasteiger partial charge in [0.1, 0.15) is 0 Å². The third kappa shape index (κ3) is 27.9. The van der Waals surface area contributed by atoms with Crippen LogP contribution in [-0.4, -0.2) is 23.9 Å². The summed E-state index contributed by atoms with van der Waals surface area (Å²) in [7, 11) is 0. The van der Waals surface area contributed by atoms with Gasteiger partial charge >= 0.3 is 0 Å². The molecule has 2 amide bonds. The van der Waals surface area contributed by atoms with Crippen molar-refractivity contribution in [3.05, 3.63) is 48.6 Å². The molecule has 4 heteroatoms. The van der Waals surface area contributed by atoms with Crippen molar-refractivity contribution in [1.29, 1.82) is 0 Å². The quantitative estimate of drug-likeness (QED) is 0.0617. The van der Waals surface area contributed by atoms with E-state index in [0.29, 0.717) is 12.8 Å². The van der Waals surface area contributed by atoms with Crippen LogP contribution >= 0.6 is 0 Å². The third-order valence-electron chi connectivity index (χ3n) is 8.87. The van der Waals surface area contributed by atoms with Crippen LogP contribution in [0.5, 0.6) is 0 Å². The van der Waals surface area contributed by atoms with Crippen molar-refractivity contribution in [2.24, 2.45) is 0 Å². The number of rotatable bonds is 30. The van der Waals surface area contributed by atoms with Crippen molar-refractivity contribution in [1.82, 2.24) is 10.6 Å². The van der Waals surface area contributed by atoms with Gasteiger partial charge in [-0.1, -0.05) is 127 Å². The zero-order valence-corrected chi connectivity index (χ0v) is 29.7. The van der Waals surface area contributed by atoms with Gasteiger partial charge in [-0.3, -0.25) is 9.59 Å². The van der Waals surface area contributed by atoms with E-state index in [9.17, 15) is 9.59 Å². The highest BCUT2D eigenvalue weighted by atomic mass is 16.2. The minimum absolute atomic E-state index is 0.183. The van der Waals surface area contributed by atoms with Crippen LogP contribution in [0, 0.1) is 0 Å². The molecule has 0 aromatic rings. The van der Waals surface area contributed by atoms with E-state index in [1.807, 2.05) is 0 Å². The molecule has 0 saturated heterocycles. The number of allylic oxidation sites excluding steroid dienone is 8. The van der Waals surface area contributed by atoms with Crippen LogP contribution in [0.1, 0.15) is 187 Å². The van der Waals surface area contributed by atoms with Gasteiger partial charge in [-0.2, -0.15) is 0 Å². The Hall–Kier alpha value is -2.10. The molecule has 1 saturated carbocycles. The maximum absolute atomic E-state index is 12.4. The summed E-state index contributed by atoms with van der Waals surface area (Å²) in [6.07, 6.45) is 48.9. The van der Waals surface area contributed by atoms with Crippen molar-refractivity contribution in [3.8, 4) is 0 Å². The van der Waals surface area contributed by atoms with Gasteiger partial charge in [-0.05, 0) is 96.3 Å². The first kappa shape index (κ1) is 40.9. The fraction of sp³-hybridized carbons (Fsp3) is 0.756. The van der Waals surface area contributed by atoms with Gasteiger partial charge in [-0.15, -0.1) is 0 Å². The lowest BCUT2D eigenvalue weighted by molar-refractivity contribution is -0.122. The highest BCUT2D eigenvalue weighted by Gasteiger charge is 2.26. The van der Waals surface area contributed by atoms with Gasteiger partial charge in [0.05, 0.1) is 0 Å². The molecule has 2 N–H and O–H groups in total. The number of hydrogen-bond acceptors (Lipinski definition) is 2. The summed E-state index contributed by atoms with van der Waals surface area (Å²) >= 11 is 0. The van der Waals surface area contributed by atoms with Gasteiger partial charge in [0.2, 0.25) is 11.8 Å². The van der Waals surface area contributed by atoms with Crippen LogP contribution in [0.15, 0.2) is 48.6 Å². The highest BCUT2D eigenvalue weighted by Crippen LogP contribution is 2.20. The first-order valence-electron chi connectivity index (χ1n) is 19.3. The smallest absolute Gasteiger partial charge is 0.220 e. The predicted octanol–water partition coefficient (Wildman–Crippen LogP) is 11.8. The second-order valence-corrected chi connectivity index (χ2v) is 13.3. The van der Waals surface area contributed by atoms with Crippen molar-refractivity contribution in [2.45, 2.75) is 199 Å². The Morgan fingerprint density at radius 2 is 0.800 bits per heavy atom. The highest BCUT2D eigenvalue weighted by molar-refractivity contribution is 5.77. The molecular weight excluding hydrogens is 552 g/mol. The van der Waals surface area contributed by atoms with E-state index in [0.717, 1.165) is 57.8 Å². The number of hydrogen-bond donors (Lipinski definition) is 2. The standard InChI is InChI=1S/C41H72N2O2/c1-3-5-7-9-11-13-15-17-19-21-23-25-27-29-31-33-40(44)42-38-35-36-39(37-38)43-41(45)34-32-30-28-26-24-22-20-18-16-14-12-10-8-6-4-2/h11-14,17-20,38-39H,3-10,15-16,21-37H2,1-2H3,(H,42,44)(H,43,45)/b13-11-,14-12-,19-17-,20-18-/t38-,39+. The molecule has 0 spiro atoms. The summed E-state index contributed by atoms with van der Waals surface area (Å²) in [5, 5.41) is 6.44.